The second-order valence-corrected chi connectivity index (χ2v) is 3.70. The number of carboxylic acid groups (broad SMARTS) is 1. The van der Waals surface area contributed by atoms with Gasteiger partial charge in [0.2, 0.25) is 0 Å². The molecule has 1 aromatic rings. The van der Waals surface area contributed by atoms with Crippen molar-refractivity contribution in [2.75, 3.05) is 13.7 Å². The van der Waals surface area contributed by atoms with Gasteiger partial charge < -0.3 is 14.6 Å². The molecule has 0 aliphatic heterocycles. The third-order valence-corrected chi connectivity index (χ3v) is 2.37. The molecule has 5 heteroatoms. The van der Waals surface area contributed by atoms with Gasteiger partial charge in [0, 0.05) is 12.1 Å². The smallest absolute Gasteiger partial charge is 0.328 e. The Morgan fingerprint density at radius 1 is 1.50 bits per heavy atom. The zero-order chi connectivity index (χ0) is 13.5. The first-order valence-corrected chi connectivity index (χ1v) is 5.48. The van der Waals surface area contributed by atoms with E-state index in [-0.39, 0.29) is 0 Å². The minimum atomic E-state index is -1.04. The van der Waals surface area contributed by atoms with Gasteiger partial charge >= 0.3 is 5.97 Å². The quantitative estimate of drug-likeness (QED) is 0.636. The Hall–Kier alpha value is -1.94. The second-order valence-electron chi connectivity index (χ2n) is 3.30. The van der Waals surface area contributed by atoms with Gasteiger partial charge in [-0.15, -0.1) is 0 Å². The number of ether oxygens (including phenoxy) is 2. The van der Waals surface area contributed by atoms with Gasteiger partial charge in [-0.3, -0.25) is 0 Å². The van der Waals surface area contributed by atoms with Crippen LogP contribution in [-0.2, 0) is 4.79 Å². The summed E-state index contributed by atoms with van der Waals surface area (Å²) in [6, 6.07) is 3.19. The van der Waals surface area contributed by atoms with Crippen LogP contribution in [0.3, 0.4) is 0 Å². The molecule has 1 N–H and O–H groups in total. The maximum Gasteiger partial charge on any atom is 0.328 e. The zero-order valence-corrected chi connectivity index (χ0v) is 10.6. The predicted molar refractivity (Wildman–Crippen MR) is 70.4 cm³/mol. The summed E-state index contributed by atoms with van der Waals surface area (Å²) in [5.41, 5.74) is 0.543. The molecule has 1 rings (SSSR count). The lowest BCUT2D eigenvalue weighted by Gasteiger charge is -2.11. The third kappa shape index (κ3) is 3.82. The second kappa shape index (κ2) is 6.71. The molecule has 0 radical (unpaired) electrons. The Morgan fingerprint density at radius 2 is 2.22 bits per heavy atom. The largest absolute Gasteiger partial charge is 0.493 e. The van der Waals surface area contributed by atoms with Crippen LogP contribution in [0.25, 0.3) is 6.08 Å². The van der Waals surface area contributed by atoms with Crippen molar-refractivity contribution in [2.45, 2.75) is 0 Å². The predicted octanol–water partition coefficient (Wildman–Crippen LogP) is 3.01. The van der Waals surface area contributed by atoms with E-state index in [1.165, 1.54) is 13.2 Å². The van der Waals surface area contributed by atoms with Gasteiger partial charge in [0.1, 0.15) is 6.61 Å². The van der Waals surface area contributed by atoms with E-state index in [1.807, 2.05) is 0 Å². The number of benzene rings is 1. The van der Waals surface area contributed by atoms with E-state index in [2.05, 4.69) is 6.58 Å². The van der Waals surface area contributed by atoms with Crippen LogP contribution in [0.15, 0.2) is 30.9 Å². The Labute approximate surface area is 110 Å². The molecule has 0 saturated heterocycles. The summed E-state index contributed by atoms with van der Waals surface area (Å²) in [7, 11) is 1.49. The lowest BCUT2D eigenvalue weighted by molar-refractivity contribution is -0.131. The number of rotatable bonds is 6. The maximum absolute atomic E-state index is 10.4. The van der Waals surface area contributed by atoms with Crippen LogP contribution in [0.2, 0.25) is 5.02 Å². The maximum atomic E-state index is 10.4. The van der Waals surface area contributed by atoms with E-state index >= 15 is 0 Å². The molecule has 4 nitrogen and oxygen atoms in total. The third-order valence-electron chi connectivity index (χ3n) is 2.05. The molecule has 0 bridgehead atoms. The van der Waals surface area contributed by atoms with Gasteiger partial charge in [-0.1, -0.05) is 24.3 Å². The molecule has 0 heterocycles. The molecule has 0 fully saturated rings. The van der Waals surface area contributed by atoms with Crippen molar-refractivity contribution in [1.29, 1.82) is 0 Å². The highest BCUT2D eigenvalue weighted by Gasteiger charge is 2.09. The average Bonchev–Trinajstić information content (AvgIpc) is 2.34. The van der Waals surface area contributed by atoms with Crippen molar-refractivity contribution in [2.24, 2.45) is 0 Å². The molecule has 0 aliphatic carbocycles. The van der Waals surface area contributed by atoms with Crippen molar-refractivity contribution in [3.8, 4) is 11.5 Å². The van der Waals surface area contributed by atoms with Gasteiger partial charge in [0.15, 0.2) is 11.5 Å². The number of aliphatic carboxylic acids is 1. The van der Waals surface area contributed by atoms with Gasteiger partial charge in [-0.2, -0.15) is 0 Å². The highest BCUT2D eigenvalue weighted by Crippen LogP contribution is 2.33. The first-order valence-electron chi connectivity index (χ1n) is 5.10. The van der Waals surface area contributed by atoms with E-state index < -0.39 is 5.97 Å². The molecule has 1 aromatic carbocycles. The topological polar surface area (TPSA) is 55.8 Å². The Balaban J connectivity index is 3.09. The highest BCUT2D eigenvalue weighted by molar-refractivity contribution is 6.32. The first kappa shape index (κ1) is 14.1. The Morgan fingerprint density at radius 3 is 2.78 bits per heavy atom. The van der Waals surface area contributed by atoms with Crippen molar-refractivity contribution in [3.05, 3.63) is 41.4 Å². The van der Waals surface area contributed by atoms with Crippen molar-refractivity contribution < 1.29 is 19.4 Å². The van der Waals surface area contributed by atoms with E-state index in [1.54, 1.807) is 18.2 Å². The van der Waals surface area contributed by atoms with Crippen LogP contribution in [0.1, 0.15) is 5.56 Å². The number of carboxylic acids is 1. The number of halogens is 1. The summed E-state index contributed by atoms with van der Waals surface area (Å²) in [5, 5.41) is 8.95. The molecule has 0 amide bonds. The first-order chi connectivity index (χ1) is 8.58. The van der Waals surface area contributed by atoms with Crippen LogP contribution < -0.4 is 9.47 Å². The summed E-state index contributed by atoms with van der Waals surface area (Å²) in [5.74, 6) is -0.0850. The van der Waals surface area contributed by atoms with E-state index in [0.717, 1.165) is 6.08 Å². The van der Waals surface area contributed by atoms with E-state index in [4.69, 9.17) is 26.2 Å². The summed E-state index contributed by atoms with van der Waals surface area (Å²) in [6.07, 6.45) is 4.00. The SMILES string of the molecule is C=CCOc1cc(Cl)c(/C=C/C(=O)O)cc1OC. The average molecular weight is 269 g/mol. The highest BCUT2D eigenvalue weighted by atomic mass is 35.5. The molecular formula is C13H13ClO4. The molecule has 0 saturated carbocycles. The normalized spacial score (nSPS) is 10.3. The van der Waals surface area contributed by atoms with Gasteiger partial charge in [-0.25, -0.2) is 4.79 Å². The molecule has 96 valence electrons. The zero-order valence-electron chi connectivity index (χ0n) is 9.85. The Kier molecular flexibility index (Phi) is 5.27. The van der Waals surface area contributed by atoms with Crippen molar-refractivity contribution in [1.82, 2.24) is 0 Å². The minimum Gasteiger partial charge on any atom is -0.493 e. The van der Waals surface area contributed by atoms with Crippen molar-refractivity contribution in [3.63, 3.8) is 0 Å². The molecule has 0 spiro atoms. The lowest BCUT2D eigenvalue weighted by Crippen LogP contribution is -1.97. The molecule has 0 aliphatic rings. The van der Waals surface area contributed by atoms with Crippen LogP contribution in [0.5, 0.6) is 11.5 Å². The summed E-state index contributed by atoms with van der Waals surface area (Å²) < 4.78 is 10.5. The van der Waals surface area contributed by atoms with E-state index in [0.29, 0.717) is 28.7 Å². The number of carbonyl (C=O) groups is 1. The number of methoxy groups -OCH3 is 1. The van der Waals surface area contributed by atoms with Crippen LogP contribution in [-0.4, -0.2) is 24.8 Å². The van der Waals surface area contributed by atoms with Gasteiger partial charge in [-0.05, 0) is 17.7 Å². The fraction of sp³-hybridized carbons (Fsp3) is 0.154. The molecule has 18 heavy (non-hydrogen) atoms. The van der Waals surface area contributed by atoms with Gasteiger partial charge in [0.25, 0.3) is 0 Å². The van der Waals surface area contributed by atoms with Gasteiger partial charge in [0.05, 0.1) is 12.1 Å². The summed E-state index contributed by atoms with van der Waals surface area (Å²) in [6.45, 7) is 3.88. The van der Waals surface area contributed by atoms with Crippen LogP contribution in [0.4, 0.5) is 0 Å². The molecule has 0 aromatic heterocycles. The minimum absolute atomic E-state index is 0.330. The standard InChI is InChI=1S/C13H13ClO4/c1-3-6-18-12-8-10(14)9(4-5-13(15)16)7-11(12)17-2/h3-5,7-8H,1,6H2,2H3,(H,15,16)/b5-4+. The van der Waals surface area contributed by atoms with Crippen LogP contribution in [0, 0.1) is 0 Å². The molecule has 0 atom stereocenters. The Bertz CT molecular complexity index is 480. The number of hydrogen-bond acceptors (Lipinski definition) is 3. The fourth-order valence-electron chi connectivity index (χ4n) is 1.26. The fourth-order valence-corrected chi connectivity index (χ4v) is 1.48. The monoisotopic (exact) mass is 268 g/mol. The van der Waals surface area contributed by atoms with Crippen molar-refractivity contribution >= 4 is 23.6 Å². The molecular weight excluding hydrogens is 256 g/mol. The van der Waals surface area contributed by atoms with Crippen LogP contribution >= 0.6 is 11.6 Å². The summed E-state index contributed by atoms with van der Waals surface area (Å²) >= 11 is 6.02. The summed E-state index contributed by atoms with van der Waals surface area (Å²) in [4.78, 5) is 10.4. The molecule has 0 unspecified atom stereocenters. The lowest BCUT2D eigenvalue weighted by atomic mass is 10.2. The van der Waals surface area contributed by atoms with E-state index in [9.17, 15) is 4.79 Å². The number of hydrogen-bond donors (Lipinski definition) is 1.